The standard InChI is InChI=1S/C25H23N3O5S2/c1-16-4-11-20(12-5-16)35(30,31)28-18-8-6-17(7-9-18)24(29)27-25-26-22(15-34-25)21-13-10-19(32-2)14-23(21)33-3/h4-15,28H,1-3H3,(H,26,27,29). The number of hydrogen-bond acceptors (Lipinski definition) is 7. The number of ether oxygens (including phenoxy) is 2. The number of anilines is 2. The van der Waals surface area contributed by atoms with E-state index in [2.05, 4.69) is 15.0 Å². The topological polar surface area (TPSA) is 107 Å². The van der Waals surface area contributed by atoms with Crippen LogP contribution in [0, 0.1) is 6.92 Å². The van der Waals surface area contributed by atoms with E-state index in [-0.39, 0.29) is 10.8 Å². The maximum atomic E-state index is 12.7. The zero-order chi connectivity index (χ0) is 25.0. The Morgan fingerprint density at radius 2 is 1.66 bits per heavy atom. The summed E-state index contributed by atoms with van der Waals surface area (Å²) in [5.74, 6) is 0.913. The number of nitrogens with one attached hydrogen (secondary N) is 2. The van der Waals surface area contributed by atoms with Crippen molar-refractivity contribution >= 4 is 38.1 Å². The zero-order valence-corrected chi connectivity index (χ0v) is 20.9. The van der Waals surface area contributed by atoms with Crippen molar-refractivity contribution in [2.24, 2.45) is 0 Å². The van der Waals surface area contributed by atoms with Gasteiger partial charge in [-0.25, -0.2) is 13.4 Å². The van der Waals surface area contributed by atoms with E-state index in [1.54, 1.807) is 56.7 Å². The first-order valence-electron chi connectivity index (χ1n) is 10.5. The van der Waals surface area contributed by atoms with E-state index in [4.69, 9.17) is 9.47 Å². The first-order valence-corrected chi connectivity index (χ1v) is 12.8. The number of amides is 1. The summed E-state index contributed by atoms with van der Waals surface area (Å²) >= 11 is 1.28. The van der Waals surface area contributed by atoms with Crippen LogP contribution in [0.15, 0.2) is 77.0 Å². The molecule has 10 heteroatoms. The molecule has 0 aliphatic rings. The van der Waals surface area contributed by atoms with Gasteiger partial charge in [-0.15, -0.1) is 11.3 Å². The molecule has 1 amide bonds. The normalized spacial score (nSPS) is 11.1. The Morgan fingerprint density at radius 3 is 2.31 bits per heavy atom. The lowest BCUT2D eigenvalue weighted by Gasteiger charge is -2.09. The molecule has 1 heterocycles. The van der Waals surface area contributed by atoms with Crippen molar-refractivity contribution < 1.29 is 22.7 Å². The minimum atomic E-state index is -3.72. The lowest BCUT2D eigenvalue weighted by Crippen LogP contribution is -2.14. The predicted octanol–water partition coefficient (Wildman–Crippen LogP) is 5.19. The van der Waals surface area contributed by atoms with Crippen LogP contribution in [-0.2, 0) is 10.0 Å². The van der Waals surface area contributed by atoms with Crippen molar-refractivity contribution in [2.75, 3.05) is 24.3 Å². The molecule has 0 saturated heterocycles. The van der Waals surface area contributed by atoms with Gasteiger partial charge in [-0.1, -0.05) is 17.7 Å². The molecule has 180 valence electrons. The quantitative estimate of drug-likeness (QED) is 0.339. The molecule has 3 aromatic carbocycles. The molecule has 4 aromatic rings. The molecule has 0 aliphatic carbocycles. The van der Waals surface area contributed by atoms with Crippen LogP contribution in [0.5, 0.6) is 11.5 Å². The average molecular weight is 510 g/mol. The van der Waals surface area contributed by atoms with Crippen LogP contribution in [0.4, 0.5) is 10.8 Å². The van der Waals surface area contributed by atoms with Crippen molar-refractivity contribution in [3.63, 3.8) is 0 Å². The number of carbonyl (C=O) groups is 1. The Morgan fingerprint density at radius 1 is 0.943 bits per heavy atom. The summed E-state index contributed by atoms with van der Waals surface area (Å²) in [6.07, 6.45) is 0. The lowest BCUT2D eigenvalue weighted by atomic mass is 10.1. The second-order valence-electron chi connectivity index (χ2n) is 7.55. The van der Waals surface area contributed by atoms with Gasteiger partial charge in [0.05, 0.1) is 24.8 Å². The van der Waals surface area contributed by atoms with Gasteiger partial charge in [-0.2, -0.15) is 0 Å². The molecule has 4 rings (SSSR count). The number of sulfonamides is 1. The summed E-state index contributed by atoms with van der Waals surface area (Å²) in [6, 6.07) is 18.1. The Bertz CT molecular complexity index is 1450. The highest BCUT2D eigenvalue weighted by Gasteiger charge is 2.16. The Kier molecular flexibility index (Phi) is 7.04. The van der Waals surface area contributed by atoms with E-state index in [9.17, 15) is 13.2 Å². The maximum Gasteiger partial charge on any atom is 0.261 e. The predicted molar refractivity (Wildman–Crippen MR) is 137 cm³/mol. The van der Waals surface area contributed by atoms with Crippen molar-refractivity contribution in [3.05, 3.63) is 83.2 Å². The fraction of sp³-hybridized carbons (Fsp3) is 0.120. The van der Waals surface area contributed by atoms with E-state index in [0.717, 1.165) is 11.1 Å². The van der Waals surface area contributed by atoms with Crippen molar-refractivity contribution in [2.45, 2.75) is 11.8 Å². The summed E-state index contributed by atoms with van der Waals surface area (Å²) in [5, 5.41) is 5.02. The fourth-order valence-corrected chi connectivity index (χ4v) is 5.02. The molecule has 0 bridgehead atoms. The number of aromatic nitrogens is 1. The van der Waals surface area contributed by atoms with Gasteiger partial charge in [0.2, 0.25) is 0 Å². The highest BCUT2D eigenvalue weighted by molar-refractivity contribution is 7.92. The van der Waals surface area contributed by atoms with Crippen molar-refractivity contribution in [1.82, 2.24) is 4.98 Å². The van der Waals surface area contributed by atoms with Crippen molar-refractivity contribution in [1.29, 1.82) is 0 Å². The van der Waals surface area contributed by atoms with Crippen LogP contribution < -0.4 is 19.5 Å². The van der Waals surface area contributed by atoms with Gasteiger partial charge in [0.1, 0.15) is 11.5 Å². The smallest absolute Gasteiger partial charge is 0.261 e. The molecular formula is C25H23N3O5S2. The average Bonchev–Trinajstić information content (AvgIpc) is 3.32. The molecule has 35 heavy (non-hydrogen) atoms. The third-order valence-electron chi connectivity index (χ3n) is 5.14. The first-order chi connectivity index (χ1) is 16.8. The molecular weight excluding hydrogens is 486 g/mol. The van der Waals surface area contributed by atoms with Crippen LogP contribution in [0.25, 0.3) is 11.3 Å². The van der Waals surface area contributed by atoms with Gasteiger partial charge in [-0.3, -0.25) is 14.8 Å². The number of carbonyl (C=O) groups excluding carboxylic acids is 1. The third kappa shape index (κ3) is 5.61. The SMILES string of the molecule is COc1ccc(-c2csc(NC(=O)c3ccc(NS(=O)(=O)c4ccc(C)cc4)cc3)n2)c(OC)c1. The lowest BCUT2D eigenvalue weighted by molar-refractivity contribution is 0.102. The molecule has 0 atom stereocenters. The van der Waals surface area contributed by atoms with E-state index >= 15 is 0 Å². The number of aryl methyl sites for hydroxylation is 1. The molecule has 0 fully saturated rings. The largest absolute Gasteiger partial charge is 0.497 e. The number of methoxy groups -OCH3 is 2. The summed E-state index contributed by atoms with van der Waals surface area (Å²) < 4.78 is 38.3. The summed E-state index contributed by atoms with van der Waals surface area (Å²) in [6.45, 7) is 1.88. The van der Waals surface area contributed by atoms with Crippen LogP contribution >= 0.6 is 11.3 Å². The Hall–Kier alpha value is -3.89. The second kappa shape index (κ2) is 10.2. The highest BCUT2D eigenvalue weighted by Crippen LogP contribution is 2.35. The molecule has 0 unspecified atom stereocenters. The van der Waals surface area contributed by atoms with Crippen LogP contribution in [0.2, 0.25) is 0 Å². The Balaban J connectivity index is 1.44. The fourth-order valence-electron chi connectivity index (χ4n) is 3.26. The minimum absolute atomic E-state index is 0.165. The molecule has 0 radical (unpaired) electrons. The zero-order valence-electron chi connectivity index (χ0n) is 19.2. The number of nitrogens with zero attached hydrogens (tertiary/aromatic N) is 1. The van der Waals surface area contributed by atoms with Crippen molar-refractivity contribution in [3.8, 4) is 22.8 Å². The van der Waals surface area contributed by atoms with E-state index in [1.807, 2.05) is 24.4 Å². The van der Waals surface area contributed by atoms with Gasteiger partial charge < -0.3 is 9.47 Å². The molecule has 0 aliphatic heterocycles. The number of hydrogen-bond donors (Lipinski definition) is 2. The van der Waals surface area contributed by atoms with E-state index in [1.165, 1.54) is 23.5 Å². The van der Waals surface area contributed by atoms with Crippen LogP contribution in [-0.4, -0.2) is 33.5 Å². The van der Waals surface area contributed by atoms with E-state index in [0.29, 0.717) is 33.6 Å². The number of thiazole rings is 1. The first kappa shape index (κ1) is 24.2. The summed E-state index contributed by atoms with van der Waals surface area (Å²) in [5.41, 5.74) is 3.11. The second-order valence-corrected chi connectivity index (χ2v) is 10.1. The van der Waals surface area contributed by atoms with Crippen LogP contribution in [0.1, 0.15) is 15.9 Å². The minimum Gasteiger partial charge on any atom is -0.497 e. The monoisotopic (exact) mass is 509 g/mol. The number of benzene rings is 3. The van der Waals surface area contributed by atoms with Gasteiger partial charge >= 0.3 is 0 Å². The third-order valence-corrected chi connectivity index (χ3v) is 7.29. The summed E-state index contributed by atoms with van der Waals surface area (Å²) in [7, 11) is -0.575. The van der Waals surface area contributed by atoms with Gasteiger partial charge in [0, 0.05) is 28.3 Å². The van der Waals surface area contributed by atoms with Crippen LogP contribution in [0.3, 0.4) is 0 Å². The molecule has 8 nitrogen and oxygen atoms in total. The molecule has 1 aromatic heterocycles. The van der Waals surface area contributed by atoms with Gasteiger partial charge in [0.25, 0.3) is 15.9 Å². The number of rotatable bonds is 8. The van der Waals surface area contributed by atoms with Gasteiger partial charge in [0.15, 0.2) is 5.13 Å². The summed E-state index contributed by atoms with van der Waals surface area (Å²) in [4.78, 5) is 17.3. The molecule has 0 spiro atoms. The Labute approximate surface area is 207 Å². The van der Waals surface area contributed by atoms with E-state index < -0.39 is 10.0 Å². The molecule has 0 saturated carbocycles. The maximum absolute atomic E-state index is 12.7. The van der Waals surface area contributed by atoms with Gasteiger partial charge in [-0.05, 0) is 55.5 Å². The highest BCUT2D eigenvalue weighted by atomic mass is 32.2. The molecule has 2 N–H and O–H groups in total.